The smallest absolute Gasteiger partial charge is 0.271 e. The van der Waals surface area contributed by atoms with Crippen molar-refractivity contribution in [1.82, 2.24) is 4.90 Å². The Bertz CT molecular complexity index is 987. The van der Waals surface area contributed by atoms with Crippen LogP contribution >= 0.6 is 0 Å². The monoisotopic (exact) mass is 439 g/mol. The lowest BCUT2D eigenvalue weighted by atomic mass is 9.91. The molecule has 1 aliphatic heterocycles. The summed E-state index contributed by atoms with van der Waals surface area (Å²) in [5.41, 5.74) is 2.66. The molecule has 0 radical (unpaired) electrons. The summed E-state index contributed by atoms with van der Waals surface area (Å²) in [4.78, 5) is 28.0. The lowest BCUT2D eigenvalue weighted by molar-refractivity contribution is -0.384. The van der Waals surface area contributed by atoms with Gasteiger partial charge in [0.15, 0.2) is 0 Å². The van der Waals surface area contributed by atoms with E-state index in [4.69, 9.17) is 4.74 Å². The van der Waals surface area contributed by atoms with Gasteiger partial charge in [-0.1, -0.05) is 18.2 Å². The Morgan fingerprint density at radius 3 is 2.72 bits per heavy atom. The van der Waals surface area contributed by atoms with Crippen LogP contribution in [0.25, 0.3) is 0 Å². The maximum atomic E-state index is 13.4. The standard InChI is InChI=1S/C24H29N3O5/c1-32-22-4-2-3-17(13-22)15-25(19-7-9-21(28)10-8-19)16-24(29)26-12-11-18-5-6-20(27(30)31)14-23(18)26/h2-6,13-14,19,21,28H,7-12,15-16H2,1H3. The van der Waals surface area contributed by atoms with Crippen LogP contribution in [0.2, 0.25) is 0 Å². The number of nitro benzene ring substituents is 1. The van der Waals surface area contributed by atoms with Gasteiger partial charge in [0.25, 0.3) is 5.69 Å². The Hall–Kier alpha value is -2.97. The van der Waals surface area contributed by atoms with Crippen LogP contribution in [0, 0.1) is 10.1 Å². The number of rotatable bonds is 7. The van der Waals surface area contributed by atoms with Crippen molar-refractivity contribution < 1.29 is 19.6 Å². The minimum Gasteiger partial charge on any atom is -0.497 e. The highest BCUT2D eigenvalue weighted by Gasteiger charge is 2.31. The normalized spacial score (nSPS) is 20.3. The topological polar surface area (TPSA) is 96.2 Å². The van der Waals surface area contributed by atoms with Crippen LogP contribution in [0.4, 0.5) is 11.4 Å². The fourth-order valence-corrected chi connectivity index (χ4v) is 4.74. The van der Waals surface area contributed by atoms with Gasteiger partial charge in [0.05, 0.1) is 30.4 Å². The fraction of sp³-hybridized carbons (Fsp3) is 0.458. The Labute approximate surface area is 187 Å². The fourth-order valence-electron chi connectivity index (χ4n) is 4.74. The summed E-state index contributed by atoms with van der Waals surface area (Å²) in [6.45, 7) is 1.35. The molecular weight excluding hydrogens is 410 g/mol. The van der Waals surface area contributed by atoms with Crippen molar-refractivity contribution >= 4 is 17.3 Å². The molecule has 8 heteroatoms. The highest BCUT2D eigenvalue weighted by molar-refractivity contribution is 5.97. The van der Waals surface area contributed by atoms with Gasteiger partial charge in [-0.3, -0.25) is 19.8 Å². The summed E-state index contributed by atoms with van der Waals surface area (Å²) >= 11 is 0. The number of nitro groups is 1. The number of fused-ring (bicyclic) bond motifs is 1. The predicted octanol–water partition coefficient (Wildman–Crippen LogP) is 3.30. The zero-order valence-electron chi connectivity index (χ0n) is 18.3. The van der Waals surface area contributed by atoms with E-state index in [9.17, 15) is 20.0 Å². The molecule has 0 atom stereocenters. The maximum Gasteiger partial charge on any atom is 0.271 e. The number of non-ortho nitro benzene ring substituents is 1. The summed E-state index contributed by atoms with van der Waals surface area (Å²) in [5.74, 6) is 0.715. The van der Waals surface area contributed by atoms with Crippen LogP contribution in [0.1, 0.15) is 36.8 Å². The van der Waals surface area contributed by atoms with E-state index >= 15 is 0 Å². The number of methoxy groups -OCH3 is 1. The molecule has 1 aliphatic carbocycles. The molecule has 0 bridgehead atoms. The summed E-state index contributed by atoms with van der Waals surface area (Å²) in [6.07, 6.45) is 3.55. The average molecular weight is 440 g/mol. The minimum atomic E-state index is -0.427. The van der Waals surface area contributed by atoms with Gasteiger partial charge in [-0.05, 0) is 55.4 Å². The van der Waals surface area contributed by atoms with Crippen LogP contribution in [-0.4, -0.2) is 53.2 Å². The Morgan fingerprint density at radius 2 is 2.00 bits per heavy atom. The van der Waals surface area contributed by atoms with Gasteiger partial charge in [0.2, 0.25) is 5.91 Å². The van der Waals surface area contributed by atoms with Crippen molar-refractivity contribution in [2.75, 3.05) is 25.1 Å². The molecule has 2 aromatic rings. The quantitative estimate of drug-likeness (QED) is 0.525. The van der Waals surface area contributed by atoms with Crippen molar-refractivity contribution in [1.29, 1.82) is 0 Å². The SMILES string of the molecule is COc1cccc(CN(CC(=O)N2CCc3ccc([N+](=O)[O-])cc32)C2CCC(O)CC2)c1. The maximum absolute atomic E-state index is 13.4. The Kier molecular flexibility index (Phi) is 6.72. The number of carbonyl (C=O) groups excluding carboxylic acids is 1. The molecule has 1 N–H and O–H groups in total. The number of hydrogen-bond acceptors (Lipinski definition) is 6. The Morgan fingerprint density at radius 1 is 1.22 bits per heavy atom. The third-order valence-corrected chi connectivity index (χ3v) is 6.52. The molecule has 2 aromatic carbocycles. The van der Waals surface area contributed by atoms with E-state index in [2.05, 4.69) is 4.90 Å². The van der Waals surface area contributed by atoms with Crippen LogP contribution in [0.5, 0.6) is 5.75 Å². The van der Waals surface area contributed by atoms with Gasteiger partial charge in [-0.15, -0.1) is 0 Å². The van der Waals surface area contributed by atoms with Crippen molar-refractivity contribution in [3.05, 3.63) is 63.7 Å². The van der Waals surface area contributed by atoms with E-state index in [0.717, 1.165) is 42.6 Å². The molecular formula is C24H29N3O5. The molecule has 170 valence electrons. The van der Waals surface area contributed by atoms with Crippen molar-refractivity contribution in [3.8, 4) is 5.75 Å². The number of hydrogen-bond donors (Lipinski definition) is 1. The number of anilines is 1. The molecule has 1 saturated carbocycles. The highest BCUT2D eigenvalue weighted by Crippen LogP contribution is 2.32. The largest absolute Gasteiger partial charge is 0.497 e. The molecule has 0 unspecified atom stereocenters. The van der Waals surface area contributed by atoms with E-state index in [1.165, 1.54) is 12.1 Å². The first-order valence-electron chi connectivity index (χ1n) is 11.1. The second-order valence-electron chi connectivity index (χ2n) is 8.58. The second-order valence-corrected chi connectivity index (χ2v) is 8.58. The van der Waals surface area contributed by atoms with Gasteiger partial charge in [-0.2, -0.15) is 0 Å². The van der Waals surface area contributed by atoms with Gasteiger partial charge >= 0.3 is 0 Å². The molecule has 1 amide bonds. The van der Waals surface area contributed by atoms with Crippen LogP contribution in [-0.2, 0) is 17.8 Å². The molecule has 0 aromatic heterocycles. The lowest BCUT2D eigenvalue weighted by Crippen LogP contribution is -2.45. The molecule has 1 heterocycles. The first-order valence-corrected chi connectivity index (χ1v) is 11.1. The van der Waals surface area contributed by atoms with Crippen molar-refractivity contribution in [2.45, 2.75) is 50.8 Å². The third kappa shape index (κ3) is 4.92. The third-order valence-electron chi connectivity index (χ3n) is 6.52. The number of carbonyl (C=O) groups is 1. The molecule has 0 spiro atoms. The zero-order chi connectivity index (χ0) is 22.7. The molecule has 1 fully saturated rings. The van der Waals surface area contributed by atoms with Gasteiger partial charge in [-0.25, -0.2) is 0 Å². The van der Waals surface area contributed by atoms with E-state index in [-0.39, 0.29) is 30.3 Å². The van der Waals surface area contributed by atoms with Gasteiger partial charge in [0.1, 0.15) is 5.75 Å². The first-order chi connectivity index (χ1) is 15.4. The number of nitrogens with zero attached hydrogens (tertiary/aromatic N) is 3. The lowest BCUT2D eigenvalue weighted by Gasteiger charge is -2.36. The van der Waals surface area contributed by atoms with Crippen LogP contribution in [0.15, 0.2) is 42.5 Å². The van der Waals surface area contributed by atoms with E-state index in [0.29, 0.717) is 25.2 Å². The molecule has 8 nitrogen and oxygen atoms in total. The van der Waals surface area contributed by atoms with E-state index in [1.807, 2.05) is 24.3 Å². The van der Waals surface area contributed by atoms with E-state index in [1.54, 1.807) is 18.1 Å². The first kappa shape index (κ1) is 22.2. The second kappa shape index (κ2) is 9.67. The number of benzene rings is 2. The number of ether oxygens (including phenoxy) is 1. The highest BCUT2D eigenvalue weighted by atomic mass is 16.6. The van der Waals surface area contributed by atoms with E-state index < -0.39 is 4.92 Å². The summed E-state index contributed by atoms with van der Waals surface area (Å²) in [7, 11) is 1.63. The van der Waals surface area contributed by atoms with Gasteiger partial charge < -0.3 is 14.7 Å². The number of aliphatic hydroxyl groups excluding tert-OH is 1. The molecule has 32 heavy (non-hydrogen) atoms. The van der Waals surface area contributed by atoms with Crippen molar-refractivity contribution in [3.63, 3.8) is 0 Å². The molecule has 0 saturated heterocycles. The predicted molar refractivity (Wildman–Crippen MR) is 121 cm³/mol. The molecule has 4 rings (SSSR count). The van der Waals surface area contributed by atoms with Crippen molar-refractivity contribution in [2.24, 2.45) is 0 Å². The van der Waals surface area contributed by atoms with Crippen LogP contribution < -0.4 is 9.64 Å². The minimum absolute atomic E-state index is 0.00189. The summed E-state index contributed by atoms with van der Waals surface area (Å²) < 4.78 is 5.35. The number of amides is 1. The Balaban J connectivity index is 1.54. The summed E-state index contributed by atoms with van der Waals surface area (Å²) in [5, 5.41) is 21.1. The average Bonchev–Trinajstić information content (AvgIpc) is 3.22. The molecule has 2 aliphatic rings. The van der Waals surface area contributed by atoms with Crippen LogP contribution in [0.3, 0.4) is 0 Å². The number of aliphatic hydroxyl groups is 1. The van der Waals surface area contributed by atoms with Gasteiger partial charge in [0, 0.05) is 31.3 Å². The summed E-state index contributed by atoms with van der Waals surface area (Å²) in [6, 6.07) is 12.8. The zero-order valence-corrected chi connectivity index (χ0v) is 18.3.